The molecule has 0 amide bonds. The van der Waals surface area contributed by atoms with Crippen molar-refractivity contribution in [3.05, 3.63) is 95.1 Å². The third kappa shape index (κ3) is 4.54. The minimum Gasteiger partial charge on any atom is -0.710 e. The molecule has 0 atom stereocenters. The van der Waals surface area contributed by atoms with Crippen LogP contribution in [0.2, 0.25) is 0 Å². The van der Waals surface area contributed by atoms with Crippen LogP contribution < -0.4 is 9.46 Å². The normalized spacial score (nSPS) is 11.2. The second-order valence-corrected chi connectivity index (χ2v) is 8.28. The number of imidazole rings is 2. The Morgan fingerprint density at radius 2 is 0.969 bits per heavy atom. The monoisotopic (exact) mass is 430 g/mol. The van der Waals surface area contributed by atoms with Gasteiger partial charge in [-0.05, 0) is 25.7 Å². The second kappa shape index (κ2) is 9.73. The van der Waals surface area contributed by atoms with E-state index < -0.39 is 0 Å². The van der Waals surface area contributed by atoms with Gasteiger partial charge in [0, 0.05) is 25.0 Å². The van der Waals surface area contributed by atoms with Crippen molar-refractivity contribution in [3.8, 4) is 22.5 Å². The van der Waals surface area contributed by atoms with Gasteiger partial charge in [0.1, 0.15) is 11.4 Å². The van der Waals surface area contributed by atoms with Crippen molar-refractivity contribution in [1.29, 1.82) is 0 Å². The van der Waals surface area contributed by atoms with Crippen LogP contribution in [0.3, 0.4) is 0 Å². The lowest BCUT2D eigenvalue weighted by molar-refractivity contribution is -0.593. The molecule has 0 unspecified atom stereocenters. The number of nitrogens with zero attached hydrogens (tertiary/aromatic N) is 4. The zero-order valence-electron chi connectivity index (χ0n) is 18.8. The molecule has 0 spiro atoms. The average Bonchev–Trinajstić information content (AvgIpc) is 3.25. The predicted molar refractivity (Wildman–Crippen MR) is 126 cm³/mol. The summed E-state index contributed by atoms with van der Waals surface area (Å²) in [6, 6.07) is 19.6. The minimum atomic E-state index is 0.730. The van der Waals surface area contributed by atoms with Gasteiger partial charge in [0.25, 0.3) is 0 Å². The van der Waals surface area contributed by atoms with E-state index in [2.05, 4.69) is 9.13 Å². The summed E-state index contributed by atoms with van der Waals surface area (Å²) < 4.78 is 6.06. The fourth-order valence-corrected chi connectivity index (χ4v) is 4.37. The van der Waals surface area contributed by atoms with Gasteiger partial charge in [-0.15, -0.1) is 0 Å². The van der Waals surface area contributed by atoms with Crippen molar-refractivity contribution in [2.45, 2.75) is 52.6 Å². The summed E-state index contributed by atoms with van der Waals surface area (Å²) in [5.41, 5.74) is 5.37. The van der Waals surface area contributed by atoms with Crippen LogP contribution in [0.1, 0.15) is 37.1 Å². The predicted octanol–water partition coefficient (Wildman–Crippen LogP) is 4.77. The number of hydrogen-bond acceptors (Lipinski definition) is 2. The quantitative estimate of drug-likeness (QED) is 0.218. The molecule has 4 rings (SSSR count). The van der Waals surface area contributed by atoms with Crippen molar-refractivity contribution in [2.75, 3.05) is 0 Å². The summed E-state index contributed by atoms with van der Waals surface area (Å²) in [7, 11) is 0. The third-order valence-electron chi connectivity index (χ3n) is 6.12. The highest BCUT2D eigenvalue weighted by Crippen LogP contribution is 2.21. The average molecular weight is 431 g/mol. The van der Waals surface area contributed by atoms with E-state index in [0.29, 0.717) is 0 Å². The highest BCUT2D eigenvalue weighted by atomic mass is 16.5. The molecule has 6 nitrogen and oxygen atoms in total. The van der Waals surface area contributed by atoms with Crippen LogP contribution in [0.25, 0.3) is 22.5 Å². The first-order chi connectivity index (χ1) is 15.6. The molecule has 0 bridgehead atoms. The first-order valence-electron chi connectivity index (χ1n) is 11.2. The standard InChI is InChI=1S/C26H30N4O2/c1-21-25(23-13-7-5-8-14-23)29(31)19-27(21)17-11-3-4-12-18-28-20-30(32)26(22(28)2)24-15-9-6-10-16-24/h5-10,13-16,19-20H,3-4,11-12,17-18H2,1-2H3. The maximum absolute atomic E-state index is 12.4. The summed E-state index contributed by atoms with van der Waals surface area (Å²) >= 11 is 0. The number of unbranched alkanes of at least 4 members (excludes halogenated alkanes) is 3. The number of benzene rings is 2. The Balaban J connectivity index is 1.28. The SMILES string of the molecule is Cc1c(-c2ccccc2)[n+]([O-])cn1CCCCCCn1c[n+]([O-])c(-c2ccccc2)c1C. The smallest absolute Gasteiger partial charge is 0.247 e. The van der Waals surface area contributed by atoms with Gasteiger partial charge in [0.05, 0.1) is 13.1 Å². The lowest BCUT2D eigenvalue weighted by atomic mass is 10.1. The maximum atomic E-state index is 12.4. The highest BCUT2D eigenvalue weighted by molar-refractivity contribution is 5.59. The molecule has 0 aliphatic rings. The molecule has 166 valence electrons. The molecule has 2 aromatic carbocycles. The molecule has 4 aromatic rings. The van der Waals surface area contributed by atoms with Crippen LogP contribution in [0, 0.1) is 24.3 Å². The lowest BCUT2D eigenvalue weighted by Crippen LogP contribution is -2.25. The van der Waals surface area contributed by atoms with Crippen LogP contribution >= 0.6 is 0 Å². The van der Waals surface area contributed by atoms with E-state index in [1.54, 1.807) is 12.7 Å². The minimum absolute atomic E-state index is 0.730. The fraction of sp³-hybridized carbons (Fsp3) is 0.308. The van der Waals surface area contributed by atoms with Crippen molar-refractivity contribution < 1.29 is 9.46 Å². The Labute approximate surface area is 189 Å². The molecule has 32 heavy (non-hydrogen) atoms. The largest absolute Gasteiger partial charge is 0.710 e. The van der Waals surface area contributed by atoms with Gasteiger partial charge in [-0.1, -0.05) is 60.7 Å². The highest BCUT2D eigenvalue weighted by Gasteiger charge is 2.18. The van der Waals surface area contributed by atoms with Gasteiger partial charge in [-0.25, -0.2) is 18.6 Å². The van der Waals surface area contributed by atoms with Crippen molar-refractivity contribution >= 4 is 0 Å². The first-order valence-corrected chi connectivity index (χ1v) is 11.2. The van der Waals surface area contributed by atoms with Crippen molar-refractivity contribution in [3.63, 3.8) is 0 Å². The van der Waals surface area contributed by atoms with Crippen molar-refractivity contribution in [1.82, 2.24) is 9.13 Å². The Morgan fingerprint density at radius 3 is 1.34 bits per heavy atom. The Bertz CT molecular complexity index is 1070. The number of aromatic nitrogens is 4. The lowest BCUT2D eigenvalue weighted by Gasteiger charge is -2.03. The van der Waals surface area contributed by atoms with Gasteiger partial charge in [0.2, 0.25) is 12.7 Å². The fourth-order valence-electron chi connectivity index (χ4n) is 4.37. The van der Waals surface area contributed by atoms with E-state index >= 15 is 0 Å². The molecule has 0 aliphatic carbocycles. The Hall–Kier alpha value is -3.54. The van der Waals surface area contributed by atoms with Gasteiger partial charge in [-0.3, -0.25) is 0 Å². The van der Waals surface area contributed by atoms with E-state index in [9.17, 15) is 10.4 Å². The van der Waals surface area contributed by atoms with Crippen LogP contribution in [-0.4, -0.2) is 9.13 Å². The Morgan fingerprint density at radius 1 is 0.594 bits per heavy atom. The third-order valence-corrected chi connectivity index (χ3v) is 6.12. The second-order valence-electron chi connectivity index (χ2n) is 8.28. The number of hydrogen-bond donors (Lipinski definition) is 0. The topological polar surface area (TPSA) is 63.7 Å². The first kappa shape index (κ1) is 21.7. The van der Waals surface area contributed by atoms with E-state index in [0.717, 1.165) is 82.1 Å². The van der Waals surface area contributed by atoms with Crippen LogP contribution in [0.5, 0.6) is 0 Å². The molecule has 0 fully saturated rings. The summed E-state index contributed by atoms with van der Waals surface area (Å²) in [4.78, 5) is 0. The number of aryl methyl sites for hydroxylation is 2. The summed E-state index contributed by atoms with van der Waals surface area (Å²) in [6.07, 6.45) is 7.51. The molecular weight excluding hydrogens is 400 g/mol. The molecule has 2 aromatic heterocycles. The summed E-state index contributed by atoms with van der Waals surface area (Å²) in [5.74, 6) is 0. The molecule has 0 saturated heterocycles. The zero-order chi connectivity index (χ0) is 22.5. The van der Waals surface area contributed by atoms with Crippen LogP contribution in [0.15, 0.2) is 73.3 Å². The van der Waals surface area contributed by atoms with Gasteiger partial charge < -0.3 is 10.4 Å². The Kier molecular flexibility index (Phi) is 6.59. The summed E-state index contributed by atoms with van der Waals surface area (Å²) in [5, 5.41) is 24.8. The molecule has 6 heteroatoms. The van der Waals surface area contributed by atoms with Crippen molar-refractivity contribution in [2.24, 2.45) is 0 Å². The van der Waals surface area contributed by atoms with E-state index in [1.165, 1.54) is 0 Å². The zero-order valence-corrected chi connectivity index (χ0v) is 18.8. The van der Waals surface area contributed by atoms with E-state index in [1.807, 2.05) is 74.5 Å². The van der Waals surface area contributed by atoms with E-state index in [4.69, 9.17) is 0 Å². The number of rotatable bonds is 9. The molecule has 0 radical (unpaired) electrons. The molecular formula is C26H30N4O2. The molecule has 0 N–H and O–H groups in total. The maximum Gasteiger partial charge on any atom is 0.247 e. The molecule has 0 saturated carbocycles. The van der Waals surface area contributed by atoms with Gasteiger partial charge in [0.15, 0.2) is 11.4 Å². The summed E-state index contributed by atoms with van der Waals surface area (Å²) in [6.45, 7) is 5.69. The van der Waals surface area contributed by atoms with Gasteiger partial charge in [-0.2, -0.15) is 0 Å². The van der Waals surface area contributed by atoms with E-state index in [-0.39, 0.29) is 0 Å². The van der Waals surface area contributed by atoms with Crippen LogP contribution in [-0.2, 0) is 13.1 Å². The molecule has 2 heterocycles. The molecule has 0 aliphatic heterocycles. The van der Waals surface area contributed by atoms with Gasteiger partial charge >= 0.3 is 0 Å². The van der Waals surface area contributed by atoms with Crippen LogP contribution in [0.4, 0.5) is 0 Å².